The van der Waals surface area contributed by atoms with Crippen LogP contribution < -0.4 is 10.6 Å². The van der Waals surface area contributed by atoms with Gasteiger partial charge in [0.25, 0.3) is 0 Å². The molecule has 5 nitrogen and oxygen atoms in total. The molecule has 114 valence electrons. The van der Waals surface area contributed by atoms with Crippen LogP contribution in [-0.4, -0.2) is 31.1 Å². The highest BCUT2D eigenvalue weighted by molar-refractivity contribution is 6.34. The van der Waals surface area contributed by atoms with Crippen LogP contribution in [0.15, 0.2) is 18.2 Å². The first-order valence-corrected chi connectivity index (χ1v) is 7.28. The Balaban J connectivity index is 2.18. The Morgan fingerprint density at radius 3 is 2.76 bits per heavy atom. The van der Waals surface area contributed by atoms with Crippen LogP contribution >= 0.6 is 11.6 Å². The number of hydrogen-bond acceptors (Lipinski definition) is 4. The van der Waals surface area contributed by atoms with E-state index >= 15 is 0 Å². The molecule has 0 bridgehead atoms. The lowest BCUT2D eigenvalue weighted by atomic mass is 9.90. The summed E-state index contributed by atoms with van der Waals surface area (Å²) in [5.41, 5.74) is 0.153. The number of methoxy groups -OCH3 is 1. The number of carbonyl (C=O) groups excluding carboxylic acids is 2. The first kappa shape index (κ1) is 15.8. The quantitative estimate of drug-likeness (QED) is 0.842. The molecule has 1 aliphatic rings. The first-order chi connectivity index (χ1) is 9.96. The number of rotatable bonds is 3. The highest BCUT2D eigenvalue weighted by Crippen LogP contribution is 2.26. The summed E-state index contributed by atoms with van der Waals surface area (Å²) in [6.45, 7) is 2.69. The number of piperidine rings is 1. The van der Waals surface area contributed by atoms with Crippen LogP contribution in [0.5, 0.6) is 0 Å². The number of benzene rings is 1. The van der Waals surface area contributed by atoms with Gasteiger partial charge in [-0.3, -0.25) is 4.79 Å². The van der Waals surface area contributed by atoms with E-state index in [1.54, 1.807) is 12.1 Å². The van der Waals surface area contributed by atoms with Crippen molar-refractivity contribution in [2.45, 2.75) is 31.7 Å². The summed E-state index contributed by atoms with van der Waals surface area (Å²) in [5.74, 6) is -0.615. The second-order valence-corrected chi connectivity index (χ2v) is 5.76. The molecule has 2 rings (SSSR count). The first-order valence-electron chi connectivity index (χ1n) is 6.90. The van der Waals surface area contributed by atoms with Crippen LogP contribution in [-0.2, 0) is 9.53 Å². The van der Waals surface area contributed by atoms with E-state index in [2.05, 4.69) is 15.4 Å². The molecule has 1 atom stereocenters. The Kier molecular flexibility index (Phi) is 4.85. The molecule has 1 aromatic rings. The maximum Gasteiger partial charge on any atom is 0.337 e. The number of nitrogens with one attached hydrogen (secondary N) is 2. The molecule has 21 heavy (non-hydrogen) atoms. The fourth-order valence-corrected chi connectivity index (χ4v) is 2.54. The summed E-state index contributed by atoms with van der Waals surface area (Å²) in [7, 11) is 1.31. The van der Waals surface area contributed by atoms with E-state index in [1.165, 1.54) is 13.2 Å². The van der Waals surface area contributed by atoms with Crippen LogP contribution in [0.2, 0.25) is 5.02 Å². The van der Waals surface area contributed by atoms with Gasteiger partial charge in [0.1, 0.15) is 0 Å². The van der Waals surface area contributed by atoms with Crippen LogP contribution in [0.3, 0.4) is 0 Å². The average molecular weight is 311 g/mol. The van der Waals surface area contributed by atoms with Crippen molar-refractivity contribution >= 4 is 29.2 Å². The molecular weight excluding hydrogens is 292 g/mol. The van der Waals surface area contributed by atoms with Crippen molar-refractivity contribution in [1.29, 1.82) is 0 Å². The third-order valence-corrected chi connectivity index (χ3v) is 4.09. The standard InChI is InChI=1S/C15H19ClN2O3/c1-15(7-3-4-8-17-15)14(20)18-12-9-10(13(19)21-2)5-6-11(12)16/h5-6,9,17H,3-4,7-8H2,1-2H3,(H,18,20). The second kappa shape index (κ2) is 6.45. The molecule has 0 radical (unpaired) electrons. The molecule has 1 amide bonds. The van der Waals surface area contributed by atoms with Crippen LogP contribution in [0, 0.1) is 0 Å². The van der Waals surface area contributed by atoms with Gasteiger partial charge in [-0.1, -0.05) is 11.6 Å². The molecule has 0 saturated carbocycles. The van der Waals surface area contributed by atoms with Gasteiger partial charge in [-0.15, -0.1) is 0 Å². The molecular formula is C15H19ClN2O3. The maximum atomic E-state index is 12.4. The van der Waals surface area contributed by atoms with E-state index in [0.717, 1.165) is 25.8 Å². The summed E-state index contributed by atoms with van der Waals surface area (Å²) in [5, 5.41) is 6.42. The van der Waals surface area contributed by atoms with E-state index < -0.39 is 11.5 Å². The van der Waals surface area contributed by atoms with Crippen molar-refractivity contribution in [3.8, 4) is 0 Å². The molecule has 0 aliphatic carbocycles. The topological polar surface area (TPSA) is 67.4 Å². The van der Waals surface area contributed by atoms with Crippen molar-refractivity contribution in [2.75, 3.05) is 19.0 Å². The third-order valence-electron chi connectivity index (χ3n) is 3.76. The molecule has 1 unspecified atom stereocenters. The van der Waals surface area contributed by atoms with E-state index in [0.29, 0.717) is 16.3 Å². The highest BCUT2D eigenvalue weighted by Gasteiger charge is 2.34. The maximum absolute atomic E-state index is 12.4. The Morgan fingerprint density at radius 2 is 2.14 bits per heavy atom. The average Bonchev–Trinajstić information content (AvgIpc) is 2.49. The minimum Gasteiger partial charge on any atom is -0.465 e. The second-order valence-electron chi connectivity index (χ2n) is 5.36. The predicted molar refractivity (Wildman–Crippen MR) is 81.7 cm³/mol. The van der Waals surface area contributed by atoms with Gasteiger partial charge in [0, 0.05) is 0 Å². The molecule has 2 N–H and O–H groups in total. The monoisotopic (exact) mass is 310 g/mol. The number of carbonyl (C=O) groups is 2. The van der Waals surface area contributed by atoms with Gasteiger partial charge in [0.2, 0.25) is 5.91 Å². The fourth-order valence-electron chi connectivity index (χ4n) is 2.38. The Morgan fingerprint density at radius 1 is 1.38 bits per heavy atom. The zero-order valence-electron chi connectivity index (χ0n) is 12.2. The third kappa shape index (κ3) is 3.54. The number of halogens is 1. The summed E-state index contributed by atoms with van der Waals surface area (Å²) in [6, 6.07) is 4.66. The van der Waals surface area contributed by atoms with Crippen LogP contribution in [0.25, 0.3) is 0 Å². The Hall–Kier alpha value is -1.59. The lowest BCUT2D eigenvalue weighted by Gasteiger charge is -2.33. The summed E-state index contributed by atoms with van der Waals surface area (Å²) >= 11 is 6.09. The number of anilines is 1. The van der Waals surface area contributed by atoms with Crippen molar-refractivity contribution in [3.05, 3.63) is 28.8 Å². The summed E-state index contributed by atoms with van der Waals surface area (Å²) < 4.78 is 4.67. The SMILES string of the molecule is COC(=O)c1ccc(Cl)c(NC(=O)C2(C)CCCCN2)c1. The number of ether oxygens (including phenoxy) is 1. The highest BCUT2D eigenvalue weighted by atomic mass is 35.5. The number of hydrogen-bond donors (Lipinski definition) is 2. The number of esters is 1. The number of amides is 1. The Bertz CT molecular complexity index is 554. The van der Waals surface area contributed by atoms with E-state index in [-0.39, 0.29) is 5.91 Å². The van der Waals surface area contributed by atoms with Crippen LogP contribution in [0.4, 0.5) is 5.69 Å². The summed E-state index contributed by atoms with van der Waals surface area (Å²) in [6.07, 6.45) is 2.85. The van der Waals surface area contributed by atoms with Gasteiger partial charge >= 0.3 is 5.97 Å². The lowest BCUT2D eigenvalue weighted by molar-refractivity contribution is -0.122. The largest absolute Gasteiger partial charge is 0.465 e. The van der Waals surface area contributed by atoms with E-state index in [1.807, 2.05) is 6.92 Å². The van der Waals surface area contributed by atoms with Crippen LogP contribution in [0.1, 0.15) is 36.5 Å². The lowest BCUT2D eigenvalue weighted by Crippen LogP contribution is -2.54. The van der Waals surface area contributed by atoms with E-state index in [9.17, 15) is 9.59 Å². The minimum atomic E-state index is -0.608. The molecule has 1 aromatic carbocycles. The van der Waals surface area contributed by atoms with Crippen molar-refractivity contribution in [2.24, 2.45) is 0 Å². The van der Waals surface area contributed by atoms with Crippen molar-refractivity contribution in [1.82, 2.24) is 5.32 Å². The fraction of sp³-hybridized carbons (Fsp3) is 0.467. The molecule has 6 heteroatoms. The van der Waals surface area contributed by atoms with Gasteiger partial charge in [-0.2, -0.15) is 0 Å². The summed E-state index contributed by atoms with van der Waals surface area (Å²) in [4.78, 5) is 24.0. The molecule has 0 spiro atoms. The zero-order valence-corrected chi connectivity index (χ0v) is 12.9. The zero-order chi connectivity index (χ0) is 15.5. The Labute approximate surface area is 129 Å². The molecule has 1 saturated heterocycles. The van der Waals surface area contributed by atoms with Crippen molar-refractivity contribution in [3.63, 3.8) is 0 Å². The van der Waals surface area contributed by atoms with Gasteiger partial charge < -0.3 is 15.4 Å². The normalized spacial score (nSPS) is 21.7. The van der Waals surface area contributed by atoms with Gasteiger partial charge in [0.15, 0.2) is 0 Å². The predicted octanol–water partition coefficient (Wildman–Crippen LogP) is 2.60. The van der Waals surface area contributed by atoms with Gasteiger partial charge in [-0.05, 0) is 50.9 Å². The van der Waals surface area contributed by atoms with Gasteiger partial charge in [0.05, 0.1) is 28.9 Å². The molecule has 1 heterocycles. The minimum absolute atomic E-state index is 0.147. The van der Waals surface area contributed by atoms with Crippen molar-refractivity contribution < 1.29 is 14.3 Å². The smallest absolute Gasteiger partial charge is 0.337 e. The molecule has 1 aliphatic heterocycles. The van der Waals surface area contributed by atoms with E-state index in [4.69, 9.17) is 11.6 Å². The molecule has 1 fully saturated rings. The molecule has 0 aromatic heterocycles. The van der Waals surface area contributed by atoms with Gasteiger partial charge in [-0.25, -0.2) is 4.79 Å².